The van der Waals surface area contributed by atoms with Gasteiger partial charge in [-0.3, -0.25) is 9.69 Å². The summed E-state index contributed by atoms with van der Waals surface area (Å²) in [5.74, 6) is -0.923. The summed E-state index contributed by atoms with van der Waals surface area (Å²) < 4.78 is 26.4. The van der Waals surface area contributed by atoms with Crippen molar-refractivity contribution >= 4 is 11.9 Å². The number of urea groups is 1. The first-order valence-electron chi connectivity index (χ1n) is 8.50. The fraction of sp³-hybridized carbons (Fsp3) is 0.200. The molecule has 2 aromatic rings. The highest BCUT2D eigenvalue weighted by Gasteiger charge is 2.42. The maximum Gasteiger partial charge on any atom is 0.322 e. The summed E-state index contributed by atoms with van der Waals surface area (Å²) in [6.45, 7) is 0.595. The molecule has 0 aromatic heterocycles. The Morgan fingerprint density at radius 2 is 1.59 bits per heavy atom. The molecule has 0 spiro atoms. The second-order valence-corrected chi connectivity index (χ2v) is 6.64. The van der Waals surface area contributed by atoms with Crippen molar-refractivity contribution in [3.8, 4) is 0 Å². The van der Waals surface area contributed by atoms with Crippen LogP contribution < -0.4 is 5.32 Å². The van der Waals surface area contributed by atoms with E-state index in [1.807, 2.05) is 0 Å². The fourth-order valence-corrected chi connectivity index (χ4v) is 3.47. The van der Waals surface area contributed by atoms with E-state index in [-0.39, 0.29) is 30.1 Å². The van der Waals surface area contributed by atoms with Crippen molar-refractivity contribution in [2.45, 2.75) is 12.6 Å². The number of halogens is 2. The van der Waals surface area contributed by atoms with E-state index in [0.29, 0.717) is 23.4 Å². The van der Waals surface area contributed by atoms with Gasteiger partial charge in [-0.1, -0.05) is 24.3 Å². The van der Waals surface area contributed by atoms with Gasteiger partial charge in [-0.25, -0.2) is 13.6 Å². The maximum atomic E-state index is 13.3. The third-order valence-corrected chi connectivity index (χ3v) is 4.93. The molecule has 5 nitrogen and oxygen atoms in total. The van der Waals surface area contributed by atoms with Gasteiger partial charge in [-0.15, -0.1) is 0 Å². The largest absolute Gasteiger partial charge is 0.329 e. The summed E-state index contributed by atoms with van der Waals surface area (Å²) in [5, 5.41) is 2.81. The van der Waals surface area contributed by atoms with Crippen molar-refractivity contribution in [1.82, 2.24) is 15.1 Å². The summed E-state index contributed by atoms with van der Waals surface area (Å²) >= 11 is 0. The molecule has 0 bridgehead atoms. The van der Waals surface area contributed by atoms with Crippen LogP contribution in [0.3, 0.4) is 0 Å². The molecule has 0 unspecified atom stereocenters. The maximum absolute atomic E-state index is 13.3. The lowest BCUT2D eigenvalue weighted by atomic mass is 9.96. The number of carbonyl (C=O) groups is 2. The lowest BCUT2D eigenvalue weighted by Gasteiger charge is -2.31. The van der Waals surface area contributed by atoms with Crippen LogP contribution in [0.15, 0.2) is 59.8 Å². The van der Waals surface area contributed by atoms with Crippen LogP contribution >= 0.6 is 0 Å². The third kappa shape index (κ3) is 3.05. The number of benzene rings is 2. The van der Waals surface area contributed by atoms with Gasteiger partial charge in [0.25, 0.3) is 5.91 Å². The van der Waals surface area contributed by atoms with Crippen molar-refractivity contribution in [2.24, 2.45) is 0 Å². The van der Waals surface area contributed by atoms with Crippen LogP contribution in [0.4, 0.5) is 13.6 Å². The van der Waals surface area contributed by atoms with Gasteiger partial charge < -0.3 is 10.2 Å². The predicted octanol–water partition coefficient (Wildman–Crippen LogP) is 2.96. The Kier molecular flexibility index (Phi) is 4.14. The number of nitrogens with one attached hydrogen (secondary N) is 1. The van der Waals surface area contributed by atoms with Crippen molar-refractivity contribution in [1.29, 1.82) is 0 Å². The first-order chi connectivity index (χ1) is 12.9. The van der Waals surface area contributed by atoms with Gasteiger partial charge in [0.05, 0.1) is 23.9 Å². The van der Waals surface area contributed by atoms with E-state index in [4.69, 9.17) is 0 Å². The lowest BCUT2D eigenvalue weighted by Crippen LogP contribution is -2.45. The molecule has 1 N–H and O–H groups in total. The monoisotopic (exact) mass is 369 g/mol. The summed E-state index contributed by atoms with van der Waals surface area (Å²) in [7, 11) is 1.61. The van der Waals surface area contributed by atoms with Crippen LogP contribution in [-0.2, 0) is 11.3 Å². The second kappa shape index (κ2) is 6.50. The summed E-state index contributed by atoms with van der Waals surface area (Å²) in [6.07, 6.45) is 0. The van der Waals surface area contributed by atoms with Gasteiger partial charge >= 0.3 is 6.03 Å². The normalized spacial score (nSPS) is 19.4. The minimum absolute atomic E-state index is 0.199. The third-order valence-electron chi connectivity index (χ3n) is 4.93. The molecule has 2 heterocycles. The first kappa shape index (κ1) is 17.2. The molecule has 2 aliphatic rings. The van der Waals surface area contributed by atoms with Crippen LogP contribution in [0.25, 0.3) is 0 Å². The molecule has 1 atom stereocenters. The number of amides is 3. The summed E-state index contributed by atoms with van der Waals surface area (Å²) in [5.41, 5.74) is 2.54. The van der Waals surface area contributed by atoms with Gasteiger partial charge in [-0.05, 0) is 35.4 Å². The summed E-state index contributed by atoms with van der Waals surface area (Å²) in [4.78, 5) is 28.4. The Bertz CT molecular complexity index is 939. The SMILES string of the molecule is CN1C(=O)N[C@@H](c2ccc(F)cc2)C2=C1CN(Cc1ccc(F)cc1)C2=O. The van der Waals surface area contributed by atoms with Gasteiger partial charge in [0, 0.05) is 13.6 Å². The minimum Gasteiger partial charge on any atom is -0.329 e. The van der Waals surface area contributed by atoms with Crippen molar-refractivity contribution < 1.29 is 18.4 Å². The van der Waals surface area contributed by atoms with Crippen LogP contribution in [0, 0.1) is 11.6 Å². The predicted molar refractivity (Wildman–Crippen MR) is 94.3 cm³/mol. The zero-order valence-electron chi connectivity index (χ0n) is 14.6. The Morgan fingerprint density at radius 3 is 2.22 bits per heavy atom. The van der Waals surface area contributed by atoms with E-state index in [9.17, 15) is 18.4 Å². The number of nitrogens with zero attached hydrogens (tertiary/aromatic N) is 2. The Morgan fingerprint density at radius 1 is 1.00 bits per heavy atom. The van der Waals surface area contributed by atoms with E-state index in [1.54, 1.807) is 36.2 Å². The smallest absolute Gasteiger partial charge is 0.322 e. The Labute approximate surface area is 154 Å². The standard InChI is InChI=1S/C20H17F2N3O2/c1-24-16-11-25(10-12-2-6-14(21)7-3-12)19(26)17(16)18(23-20(24)27)13-4-8-15(22)9-5-13/h2-9,18H,10-11H2,1H3,(H,23,27)/t18-/m0/s1. The first-order valence-corrected chi connectivity index (χ1v) is 8.50. The molecule has 27 heavy (non-hydrogen) atoms. The highest BCUT2D eigenvalue weighted by molar-refractivity contribution is 6.01. The van der Waals surface area contributed by atoms with Gasteiger partial charge in [0.2, 0.25) is 0 Å². The fourth-order valence-electron chi connectivity index (χ4n) is 3.47. The Balaban J connectivity index is 1.65. The molecule has 0 saturated heterocycles. The van der Waals surface area contributed by atoms with Crippen molar-refractivity contribution in [2.75, 3.05) is 13.6 Å². The zero-order valence-corrected chi connectivity index (χ0v) is 14.6. The molecular weight excluding hydrogens is 352 g/mol. The number of likely N-dealkylation sites (N-methyl/N-ethyl adjacent to an activating group) is 1. The van der Waals surface area contributed by atoms with Crippen molar-refractivity contribution in [3.63, 3.8) is 0 Å². The van der Waals surface area contributed by atoms with Gasteiger partial charge in [-0.2, -0.15) is 0 Å². The van der Waals surface area contributed by atoms with Crippen LogP contribution in [0.2, 0.25) is 0 Å². The highest BCUT2D eigenvalue weighted by atomic mass is 19.1. The lowest BCUT2D eigenvalue weighted by molar-refractivity contribution is -0.126. The quantitative estimate of drug-likeness (QED) is 0.904. The highest BCUT2D eigenvalue weighted by Crippen LogP contribution is 2.36. The number of hydrogen-bond donors (Lipinski definition) is 1. The van der Waals surface area contributed by atoms with E-state index in [2.05, 4.69) is 5.32 Å². The van der Waals surface area contributed by atoms with E-state index >= 15 is 0 Å². The molecular formula is C20H17F2N3O2. The minimum atomic E-state index is -0.630. The molecule has 3 amide bonds. The average molecular weight is 369 g/mol. The molecule has 2 aromatic carbocycles. The molecule has 0 radical (unpaired) electrons. The van der Waals surface area contributed by atoms with E-state index < -0.39 is 6.04 Å². The van der Waals surface area contributed by atoms with E-state index in [0.717, 1.165) is 5.56 Å². The molecule has 4 rings (SSSR count). The number of rotatable bonds is 3. The molecule has 138 valence electrons. The molecule has 7 heteroatoms. The topological polar surface area (TPSA) is 52.7 Å². The summed E-state index contributed by atoms with van der Waals surface area (Å²) in [6, 6.07) is 10.7. The van der Waals surface area contributed by atoms with Crippen LogP contribution in [0.1, 0.15) is 17.2 Å². The molecule has 0 aliphatic carbocycles. The zero-order chi connectivity index (χ0) is 19.1. The van der Waals surface area contributed by atoms with Crippen molar-refractivity contribution in [3.05, 3.63) is 82.6 Å². The molecule has 0 fully saturated rings. The van der Waals surface area contributed by atoms with Crippen LogP contribution in [-0.4, -0.2) is 35.3 Å². The van der Waals surface area contributed by atoms with Gasteiger partial charge in [0.1, 0.15) is 11.6 Å². The average Bonchev–Trinajstić information content (AvgIpc) is 2.98. The van der Waals surface area contributed by atoms with Crippen LogP contribution in [0.5, 0.6) is 0 Å². The number of hydrogen-bond acceptors (Lipinski definition) is 2. The van der Waals surface area contributed by atoms with Gasteiger partial charge in [0.15, 0.2) is 0 Å². The second-order valence-electron chi connectivity index (χ2n) is 6.64. The number of carbonyl (C=O) groups excluding carboxylic acids is 2. The molecule has 2 aliphatic heterocycles. The molecule has 0 saturated carbocycles. The Hall–Kier alpha value is -3.22. The van der Waals surface area contributed by atoms with E-state index in [1.165, 1.54) is 29.2 Å².